The van der Waals surface area contributed by atoms with Crippen molar-refractivity contribution >= 4 is 0 Å². The fourth-order valence-electron chi connectivity index (χ4n) is 2.04. The number of nitrogens with zero attached hydrogens (tertiary/aromatic N) is 1. The van der Waals surface area contributed by atoms with Gasteiger partial charge in [-0.3, -0.25) is 0 Å². The van der Waals surface area contributed by atoms with Crippen LogP contribution in [0.1, 0.15) is 6.42 Å². The third kappa shape index (κ3) is 0.864. The molecule has 0 aliphatic carbocycles. The number of likely N-dealkylation sites (tertiary alicyclic amines) is 1. The third-order valence-corrected chi connectivity index (χ3v) is 2.59. The largest absolute Gasteiger partial charge is 0.315 e. The van der Waals surface area contributed by atoms with E-state index in [-0.39, 0.29) is 0 Å². The molecule has 0 aromatic carbocycles. The lowest BCUT2D eigenvalue weighted by Crippen LogP contribution is -2.37. The van der Waals surface area contributed by atoms with E-state index in [1.54, 1.807) is 0 Å². The molecule has 2 atom stereocenters. The van der Waals surface area contributed by atoms with E-state index in [0.29, 0.717) is 0 Å². The first kappa shape index (κ1) is 5.69. The minimum Gasteiger partial charge on any atom is -0.315 e. The molecule has 2 aliphatic rings. The predicted octanol–water partition coefficient (Wildman–Crippen LogP) is -0.0901. The molecular formula is C7H14N2. The summed E-state index contributed by atoms with van der Waals surface area (Å²) in [6, 6.07) is 0.851. The molecule has 2 fully saturated rings. The van der Waals surface area contributed by atoms with Crippen molar-refractivity contribution in [2.24, 2.45) is 5.92 Å². The van der Waals surface area contributed by atoms with Crippen LogP contribution in [0, 0.1) is 5.92 Å². The molecule has 0 amide bonds. The van der Waals surface area contributed by atoms with E-state index in [9.17, 15) is 0 Å². The van der Waals surface area contributed by atoms with Crippen LogP contribution in [0.4, 0.5) is 0 Å². The molecule has 9 heavy (non-hydrogen) atoms. The third-order valence-electron chi connectivity index (χ3n) is 2.59. The SMILES string of the molecule is CN1C[C@H]2CNC[C@@H]1C2. The van der Waals surface area contributed by atoms with Crippen LogP contribution in [-0.4, -0.2) is 37.6 Å². The molecule has 2 saturated heterocycles. The summed E-state index contributed by atoms with van der Waals surface area (Å²) in [6.45, 7) is 3.78. The van der Waals surface area contributed by atoms with Crippen LogP contribution in [0.25, 0.3) is 0 Å². The molecule has 2 aliphatic heterocycles. The van der Waals surface area contributed by atoms with Gasteiger partial charge in [0.15, 0.2) is 0 Å². The average Bonchev–Trinajstić information content (AvgIpc) is 2.09. The van der Waals surface area contributed by atoms with Gasteiger partial charge in [0.2, 0.25) is 0 Å². The highest BCUT2D eigenvalue weighted by Crippen LogP contribution is 2.23. The van der Waals surface area contributed by atoms with Gasteiger partial charge in [0.25, 0.3) is 0 Å². The van der Waals surface area contributed by atoms with E-state index in [4.69, 9.17) is 0 Å². The number of hydrogen-bond acceptors (Lipinski definition) is 2. The van der Waals surface area contributed by atoms with Gasteiger partial charge in [-0.1, -0.05) is 0 Å². The molecule has 0 radical (unpaired) electrons. The number of nitrogens with one attached hydrogen (secondary N) is 1. The highest BCUT2D eigenvalue weighted by Gasteiger charge is 2.32. The Kier molecular flexibility index (Phi) is 1.24. The molecule has 1 N–H and O–H groups in total. The van der Waals surface area contributed by atoms with Crippen molar-refractivity contribution < 1.29 is 0 Å². The molecule has 2 rings (SSSR count). The first-order chi connectivity index (χ1) is 4.36. The lowest BCUT2D eigenvalue weighted by molar-refractivity contribution is 0.307. The second kappa shape index (κ2) is 1.96. The quantitative estimate of drug-likeness (QED) is 0.488. The van der Waals surface area contributed by atoms with Gasteiger partial charge >= 0.3 is 0 Å². The molecule has 0 aromatic rings. The standard InChI is InChI=1S/C7H14N2/c1-9-5-6-2-7(9)4-8-3-6/h6-8H,2-5H2,1H3/t6-,7+/m1/s1. The number of piperidine rings is 1. The summed E-state index contributed by atoms with van der Waals surface area (Å²) in [5.74, 6) is 0.953. The number of rotatable bonds is 0. The van der Waals surface area contributed by atoms with Crippen LogP contribution in [-0.2, 0) is 0 Å². The second-order valence-electron chi connectivity index (χ2n) is 3.35. The van der Waals surface area contributed by atoms with E-state index in [1.807, 2.05) is 0 Å². The lowest BCUT2D eigenvalue weighted by Gasteiger charge is -2.21. The van der Waals surface area contributed by atoms with Crippen molar-refractivity contribution in [3.05, 3.63) is 0 Å². The summed E-state index contributed by atoms with van der Waals surface area (Å²) in [6.07, 6.45) is 1.43. The normalized spacial score (nSPS) is 43.7. The molecule has 2 heteroatoms. The summed E-state index contributed by atoms with van der Waals surface area (Å²) in [5.41, 5.74) is 0. The maximum absolute atomic E-state index is 3.44. The average molecular weight is 126 g/mol. The van der Waals surface area contributed by atoms with Crippen LogP contribution in [0.15, 0.2) is 0 Å². The van der Waals surface area contributed by atoms with Crippen LogP contribution in [0.5, 0.6) is 0 Å². The molecular weight excluding hydrogens is 112 g/mol. The van der Waals surface area contributed by atoms with Gasteiger partial charge in [-0.15, -0.1) is 0 Å². The molecule has 2 heterocycles. The van der Waals surface area contributed by atoms with Crippen molar-refractivity contribution in [3.63, 3.8) is 0 Å². The zero-order valence-corrected chi connectivity index (χ0v) is 5.93. The molecule has 0 unspecified atom stereocenters. The Morgan fingerprint density at radius 3 is 3.00 bits per heavy atom. The smallest absolute Gasteiger partial charge is 0.0221 e. The Morgan fingerprint density at radius 1 is 1.44 bits per heavy atom. The van der Waals surface area contributed by atoms with Gasteiger partial charge in [0, 0.05) is 19.1 Å². The zero-order valence-electron chi connectivity index (χ0n) is 5.93. The van der Waals surface area contributed by atoms with Crippen LogP contribution in [0.2, 0.25) is 0 Å². The van der Waals surface area contributed by atoms with E-state index >= 15 is 0 Å². The van der Waals surface area contributed by atoms with E-state index < -0.39 is 0 Å². The maximum atomic E-state index is 3.44. The van der Waals surface area contributed by atoms with E-state index in [2.05, 4.69) is 17.3 Å². The molecule has 2 nitrogen and oxygen atoms in total. The zero-order chi connectivity index (χ0) is 6.27. The van der Waals surface area contributed by atoms with Gasteiger partial charge in [-0.05, 0) is 25.9 Å². The van der Waals surface area contributed by atoms with Gasteiger partial charge in [0.05, 0.1) is 0 Å². The van der Waals surface area contributed by atoms with Crippen LogP contribution < -0.4 is 5.32 Å². The highest BCUT2D eigenvalue weighted by atomic mass is 15.2. The maximum Gasteiger partial charge on any atom is 0.0221 e. The molecule has 0 spiro atoms. The Balaban J connectivity index is 2.07. The van der Waals surface area contributed by atoms with E-state index in [1.165, 1.54) is 26.1 Å². The summed E-state index contributed by atoms with van der Waals surface area (Å²) < 4.78 is 0. The van der Waals surface area contributed by atoms with Crippen LogP contribution >= 0.6 is 0 Å². The summed E-state index contributed by atoms with van der Waals surface area (Å²) in [5, 5.41) is 3.44. The van der Waals surface area contributed by atoms with Gasteiger partial charge in [-0.2, -0.15) is 0 Å². The predicted molar refractivity (Wildman–Crippen MR) is 37.4 cm³/mol. The monoisotopic (exact) mass is 126 g/mol. The number of hydrogen-bond donors (Lipinski definition) is 1. The minimum absolute atomic E-state index is 0.851. The van der Waals surface area contributed by atoms with Crippen molar-refractivity contribution in [3.8, 4) is 0 Å². The molecule has 2 bridgehead atoms. The highest BCUT2D eigenvalue weighted by molar-refractivity contribution is 4.89. The van der Waals surface area contributed by atoms with Gasteiger partial charge in [-0.25, -0.2) is 0 Å². The second-order valence-corrected chi connectivity index (χ2v) is 3.35. The summed E-state index contributed by atoms with van der Waals surface area (Å²) in [7, 11) is 2.23. The fraction of sp³-hybridized carbons (Fsp3) is 1.00. The Morgan fingerprint density at radius 2 is 2.33 bits per heavy atom. The van der Waals surface area contributed by atoms with Crippen molar-refractivity contribution in [2.45, 2.75) is 12.5 Å². The Bertz CT molecular complexity index is 111. The number of likely N-dealkylation sites (N-methyl/N-ethyl adjacent to an activating group) is 1. The molecule has 0 aromatic heterocycles. The van der Waals surface area contributed by atoms with Crippen molar-refractivity contribution in [1.82, 2.24) is 10.2 Å². The minimum atomic E-state index is 0.851. The van der Waals surface area contributed by atoms with Gasteiger partial charge < -0.3 is 10.2 Å². The van der Waals surface area contributed by atoms with Crippen molar-refractivity contribution in [1.29, 1.82) is 0 Å². The lowest BCUT2D eigenvalue weighted by atomic mass is 10.0. The first-order valence-electron chi connectivity index (χ1n) is 3.77. The Hall–Kier alpha value is -0.0800. The van der Waals surface area contributed by atoms with E-state index in [0.717, 1.165) is 12.0 Å². The number of fused-ring (bicyclic) bond motifs is 2. The Labute approximate surface area is 56.2 Å². The fourth-order valence-corrected chi connectivity index (χ4v) is 2.04. The van der Waals surface area contributed by atoms with Crippen molar-refractivity contribution in [2.75, 3.05) is 26.7 Å². The summed E-state index contributed by atoms with van der Waals surface area (Å²) in [4.78, 5) is 2.48. The molecule has 0 saturated carbocycles. The molecule has 52 valence electrons. The first-order valence-corrected chi connectivity index (χ1v) is 3.77. The van der Waals surface area contributed by atoms with Crippen LogP contribution in [0.3, 0.4) is 0 Å². The topological polar surface area (TPSA) is 15.3 Å². The van der Waals surface area contributed by atoms with Gasteiger partial charge in [0.1, 0.15) is 0 Å². The summed E-state index contributed by atoms with van der Waals surface area (Å²) >= 11 is 0.